The summed E-state index contributed by atoms with van der Waals surface area (Å²) in [6, 6.07) is 0. The summed E-state index contributed by atoms with van der Waals surface area (Å²) >= 11 is 5.68. The molecule has 0 atom stereocenters. The Morgan fingerprint density at radius 1 is 1.50 bits per heavy atom. The Kier molecular flexibility index (Phi) is 2.84. The standard InChI is InChI=1S/C11H14ClN3O/c1-11(2,7-3-4-7)15-10(16)8-5-13-6-9(12)14-8/h5-7H,3-4H2,1-2H3,(H,15,16). The Balaban J connectivity index is 2.08. The van der Waals surface area contributed by atoms with Crippen molar-refractivity contribution in [2.45, 2.75) is 32.2 Å². The van der Waals surface area contributed by atoms with Crippen LogP contribution in [-0.2, 0) is 0 Å². The van der Waals surface area contributed by atoms with Gasteiger partial charge in [0.25, 0.3) is 5.91 Å². The van der Waals surface area contributed by atoms with Gasteiger partial charge in [0, 0.05) is 5.54 Å². The highest BCUT2D eigenvalue weighted by Crippen LogP contribution is 2.39. The van der Waals surface area contributed by atoms with Crippen molar-refractivity contribution in [3.05, 3.63) is 23.2 Å². The zero-order valence-corrected chi connectivity index (χ0v) is 10.1. The molecule has 0 unspecified atom stereocenters. The van der Waals surface area contributed by atoms with Gasteiger partial charge in [-0.05, 0) is 32.6 Å². The maximum atomic E-state index is 11.9. The number of hydrogen-bond acceptors (Lipinski definition) is 3. The Labute approximate surface area is 99.4 Å². The van der Waals surface area contributed by atoms with Gasteiger partial charge < -0.3 is 5.32 Å². The number of amides is 1. The van der Waals surface area contributed by atoms with Gasteiger partial charge in [-0.15, -0.1) is 0 Å². The summed E-state index contributed by atoms with van der Waals surface area (Å²) in [5, 5.41) is 3.19. The van der Waals surface area contributed by atoms with Crippen molar-refractivity contribution in [1.82, 2.24) is 15.3 Å². The van der Waals surface area contributed by atoms with Gasteiger partial charge in [0.1, 0.15) is 10.8 Å². The van der Waals surface area contributed by atoms with E-state index in [0.717, 1.165) is 0 Å². The smallest absolute Gasteiger partial charge is 0.271 e. The fourth-order valence-corrected chi connectivity index (χ4v) is 1.86. The minimum atomic E-state index is -0.216. The summed E-state index contributed by atoms with van der Waals surface area (Å²) in [4.78, 5) is 19.6. The number of halogens is 1. The molecule has 5 heteroatoms. The van der Waals surface area contributed by atoms with Gasteiger partial charge in [-0.3, -0.25) is 9.78 Å². The monoisotopic (exact) mass is 239 g/mol. The fraction of sp³-hybridized carbons (Fsp3) is 0.545. The van der Waals surface area contributed by atoms with Crippen LogP contribution in [-0.4, -0.2) is 21.4 Å². The Bertz CT molecular complexity index is 415. The number of nitrogens with zero attached hydrogens (tertiary/aromatic N) is 2. The third kappa shape index (κ3) is 2.50. The van der Waals surface area contributed by atoms with E-state index in [1.165, 1.54) is 25.2 Å². The first kappa shape index (κ1) is 11.3. The molecule has 1 N–H and O–H groups in total. The lowest BCUT2D eigenvalue weighted by molar-refractivity contribution is 0.0897. The second-order valence-corrected chi connectivity index (χ2v) is 5.06. The molecule has 16 heavy (non-hydrogen) atoms. The van der Waals surface area contributed by atoms with Gasteiger partial charge >= 0.3 is 0 Å². The average molecular weight is 240 g/mol. The predicted octanol–water partition coefficient (Wildman–Crippen LogP) is 2.05. The number of aromatic nitrogens is 2. The van der Waals surface area contributed by atoms with Gasteiger partial charge in [-0.2, -0.15) is 0 Å². The van der Waals surface area contributed by atoms with Crippen LogP contribution in [0.15, 0.2) is 12.4 Å². The molecule has 0 aliphatic heterocycles. The van der Waals surface area contributed by atoms with Crippen LogP contribution >= 0.6 is 11.6 Å². The molecule has 1 fully saturated rings. The SMILES string of the molecule is CC(C)(NC(=O)c1cncc(Cl)n1)C1CC1. The van der Waals surface area contributed by atoms with Crippen molar-refractivity contribution in [3.8, 4) is 0 Å². The largest absolute Gasteiger partial charge is 0.345 e. The third-order valence-electron chi connectivity index (χ3n) is 2.87. The van der Waals surface area contributed by atoms with Crippen LogP contribution in [0.25, 0.3) is 0 Å². The van der Waals surface area contributed by atoms with E-state index >= 15 is 0 Å². The fourth-order valence-electron chi connectivity index (χ4n) is 1.72. The van der Waals surface area contributed by atoms with Crippen LogP contribution in [0, 0.1) is 5.92 Å². The zero-order chi connectivity index (χ0) is 11.8. The maximum Gasteiger partial charge on any atom is 0.271 e. The molecule has 0 spiro atoms. The molecule has 1 aliphatic rings. The second kappa shape index (κ2) is 4.01. The molecule has 1 saturated carbocycles. The van der Waals surface area contributed by atoms with Crippen LogP contribution in [0.3, 0.4) is 0 Å². The maximum absolute atomic E-state index is 11.9. The molecule has 0 radical (unpaired) electrons. The Hall–Kier alpha value is -1.16. The van der Waals surface area contributed by atoms with Gasteiger partial charge in [-0.1, -0.05) is 11.6 Å². The second-order valence-electron chi connectivity index (χ2n) is 4.68. The topological polar surface area (TPSA) is 54.9 Å². The van der Waals surface area contributed by atoms with E-state index < -0.39 is 0 Å². The van der Waals surface area contributed by atoms with E-state index in [9.17, 15) is 4.79 Å². The molecule has 2 rings (SSSR count). The third-order valence-corrected chi connectivity index (χ3v) is 3.05. The summed E-state index contributed by atoms with van der Waals surface area (Å²) in [5.74, 6) is 0.357. The Morgan fingerprint density at radius 2 is 2.19 bits per heavy atom. The molecule has 1 heterocycles. The molecule has 1 aromatic rings. The van der Waals surface area contributed by atoms with Gasteiger partial charge in [0.05, 0.1) is 12.4 Å². The first-order valence-corrected chi connectivity index (χ1v) is 5.67. The van der Waals surface area contributed by atoms with Gasteiger partial charge in [0.15, 0.2) is 0 Å². The molecule has 0 aromatic carbocycles. The van der Waals surface area contributed by atoms with Crippen molar-refractivity contribution in [2.75, 3.05) is 0 Å². The summed E-state index contributed by atoms with van der Waals surface area (Å²) < 4.78 is 0. The summed E-state index contributed by atoms with van der Waals surface area (Å²) in [6.07, 6.45) is 5.18. The van der Waals surface area contributed by atoms with Crippen LogP contribution in [0.1, 0.15) is 37.2 Å². The summed E-state index contributed by atoms with van der Waals surface area (Å²) in [6.45, 7) is 4.06. The number of carbonyl (C=O) groups excluding carboxylic acids is 1. The minimum Gasteiger partial charge on any atom is -0.345 e. The van der Waals surface area contributed by atoms with E-state index in [1.807, 2.05) is 13.8 Å². The van der Waals surface area contributed by atoms with E-state index in [2.05, 4.69) is 15.3 Å². The summed E-state index contributed by atoms with van der Waals surface area (Å²) in [5.41, 5.74) is 0.0855. The molecule has 4 nitrogen and oxygen atoms in total. The van der Waals surface area contributed by atoms with Crippen molar-refractivity contribution < 1.29 is 4.79 Å². The first-order valence-electron chi connectivity index (χ1n) is 5.29. The molecular weight excluding hydrogens is 226 g/mol. The molecule has 86 valence electrons. The van der Waals surface area contributed by atoms with Crippen LogP contribution in [0.2, 0.25) is 5.15 Å². The van der Waals surface area contributed by atoms with Crippen molar-refractivity contribution >= 4 is 17.5 Å². The van der Waals surface area contributed by atoms with Crippen molar-refractivity contribution in [1.29, 1.82) is 0 Å². The predicted molar refractivity (Wildman–Crippen MR) is 61.3 cm³/mol. The Morgan fingerprint density at radius 3 is 2.75 bits per heavy atom. The van der Waals surface area contributed by atoms with Crippen molar-refractivity contribution in [3.63, 3.8) is 0 Å². The highest BCUT2D eigenvalue weighted by molar-refractivity contribution is 6.29. The highest BCUT2D eigenvalue weighted by Gasteiger charge is 2.39. The van der Waals surface area contributed by atoms with Crippen LogP contribution in [0.4, 0.5) is 0 Å². The lowest BCUT2D eigenvalue weighted by atomic mass is 9.98. The van der Waals surface area contributed by atoms with Crippen LogP contribution in [0.5, 0.6) is 0 Å². The number of carbonyl (C=O) groups is 1. The van der Waals surface area contributed by atoms with Crippen LogP contribution < -0.4 is 5.32 Å². The van der Waals surface area contributed by atoms with Gasteiger partial charge in [0.2, 0.25) is 0 Å². The van der Waals surface area contributed by atoms with E-state index in [1.54, 1.807) is 0 Å². The number of rotatable bonds is 3. The van der Waals surface area contributed by atoms with Gasteiger partial charge in [-0.25, -0.2) is 4.98 Å². The lowest BCUT2D eigenvalue weighted by Crippen LogP contribution is -2.45. The molecule has 1 aliphatic carbocycles. The molecule has 0 bridgehead atoms. The molecule has 0 saturated heterocycles. The minimum absolute atomic E-state index is 0.179. The number of nitrogens with one attached hydrogen (secondary N) is 1. The lowest BCUT2D eigenvalue weighted by Gasteiger charge is -2.25. The summed E-state index contributed by atoms with van der Waals surface area (Å²) in [7, 11) is 0. The van der Waals surface area contributed by atoms with E-state index in [-0.39, 0.29) is 22.3 Å². The molecule has 1 aromatic heterocycles. The van der Waals surface area contributed by atoms with E-state index in [0.29, 0.717) is 5.92 Å². The molecular formula is C11H14ClN3O. The quantitative estimate of drug-likeness (QED) is 0.878. The molecule has 1 amide bonds. The normalized spacial score (nSPS) is 15.9. The average Bonchev–Trinajstić information content (AvgIpc) is 3.00. The van der Waals surface area contributed by atoms with E-state index in [4.69, 9.17) is 11.6 Å². The number of hydrogen-bond donors (Lipinski definition) is 1. The first-order chi connectivity index (χ1) is 7.49. The highest BCUT2D eigenvalue weighted by atomic mass is 35.5. The zero-order valence-electron chi connectivity index (χ0n) is 9.33. The van der Waals surface area contributed by atoms with Crippen molar-refractivity contribution in [2.24, 2.45) is 5.92 Å².